The number of thioether (sulfide) groups is 1. The zero-order valence-corrected chi connectivity index (χ0v) is 12.8. The van der Waals surface area contributed by atoms with Crippen molar-refractivity contribution < 1.29 is 14.1 Å². The highest BCUT2D eigenvalue weighted by Gasteiger charge is 2.14. The summed E-state index contributed by atoms with van der Waals surface area (Å²) in [4.78, 5) is 23.2. The van der Waals surface area contributed by atoms with Gasteiger partial charge in [0.05, 0.1) is 11.5 Å². The highest BCUT2D eigenvalue weighted by Crippen LogP contribution is 2.08. The van der Waals surface area contributed by atoms with E-state index in [1.165, 1.54) is 11.8 Å². The fourth-order valence-electron chi connectivity index (χ4n) is 2.06. The van der Waals surface area contributed by atoms with Crippen LogP contribution in [0.25, 0.3) is 0 Å². The number of aryl methyl sites for hydroxylation is 1. The molecule has 7 nitrogen and oxygen atoms in total. The van der Waals surface area contributed by atoms with Crippen molar-refractivity contribution in [3.63, 3.8) is 0 Å². The van der Waals surface area contributed by atoms with Crippen LogP contribution in [0, 0.1) is 6.92 Å². The van der Waals surface area contributed by atoms with Crippen LogP contribution in [0.1, 0.15) is 18.6 Å². The molecule has 1 fully saturated rings. The maximum Gasteiger partial charge on any atom is 0.235 e. The molecule has 1 aromatic heterocycles. The summed E-state index contributed by atoms with van der Waals surface area (Å²) in [6.07, 6.45) is 2.27. The van der Waals surface area contributed by atoms with Crippen molar-refractivity contribution in [3.8, 4) is 0 Å². The minimum atomic E-state index is -0.196. The Morgan fingerprint density at radius 3 is 2.95 bits per heavy atom. The molecule has 1 aliphatic rings. The van der Waals surface area contributed by atoms with Gasteiger partial charge in [0.25, 0.3) is 0 Å². The van der Waals surface area contributed by atoms with Crippen LogP contribution < -0.4 is 16.0 Å². The lowest BCUT2D eigenvalue weighted by Gasteiger charge is -2.11. The lowest BCUT2D eigenvalue weighted by atomic mass is 10.2. The lowest BCUT2D eigenvalue weighted by molar-refractivity contribution is -0.118. The molecule has 1 saturated heterocycles. The van der Waals surface area contributed by atoms with E-state index in [2.05, 4.69) is 21.1 Å². The monoisotopic (exact) mass is 312 g/mol. The summed E-state index contributed by atoms with van der Waals surface area (Å²) in [5.74, 6) is 1.28. The van der Waals surface area contributed by atoms with Gasteiger partial charge in [-0.25, -0.2) is 0 Å². The summed E-state index contributed by atoms with van der Waals surface area (Å²) in [7, 11) is 0. The Labute approximate surface area is 127 Å². The van der Waals surface area contributed by atoms with E-state index in [9.17, 15) is 9.59 Å². The number of anilines is 1. The third kappa shape index (κ3) is 5.76. The predicted molar refractivity (Wildman–Crippen MR) is 81.2 cm³/mol. The van der Waals surface area contributed by atoms with E-state index in [1.54, 1.807) is 13.0 Å². The second-order valence-electron chi connectivity index (χ2n) is 4.96. The Kier molecular flexibility index (Phi) is 6.06. The minimum absolute atomic E-state index is 0.0428. The number of hydrogen-bond donors (Lipinski definition) is 3. The molecule has 0 aromatic carbocycles. The SMILES string of the molecule is Cc1cc(NC(=O)CSCC(=O)NCC2CCCN2)no1. The van der Waals surface area contributed by atoms with Crippen LogP contribution in [0.5, 0.6) is 0 Å². The van der Waals surface area contributed by atoms with Gasteiger partial charge in [-0.2, -0.15) is 0 Å². The average Bonchev–Trinajstić information content (AvgIpc) is 3.08. The quantitative estimate of drug-likeness (QED) is 0.679. The largest absolute Gasteiger partial charge is 0.360 e. The van der Waals surface area contributed by atoms with Gasteiger partial charge in [0, 0.05) is 18.7 Å². The summed E-state index contributed by atoms with van der Waals surface area (Å²) < 4.78 is 4.85. The van der Waals surface area contributed by atoms with Gasteiger partial charge in [-0.15, -0.1) is 11.8 Å². The van der Waals surface area contributed by atoms with Crippen LogP contribution in [0.3, 0.4) is 0 Å². The standard InChI is InChI=1S/C13H20N4O3S/c1-9-5-11(17-20-9)16-13(19)8-21-7-12(18)15-6-10-3-2-4-14-10/h5,10,14H,2-4,6-8H2,1H3,(H,15,18)(H,16,17,19). The Balaban J connectivity index is 1.55. The van der Waals surface area contributed by atoms with Gasteiger partial charge in [0.15, 0.2) is 5.82 Å². The molecule has 2 amide bonds. The number of carbonyl (C=O) groups is 2. The van der Waals surface area contributed by atoms with Crippen molar-refractivity contribution in [2.24, 2.45) is 0 Å². The molecule has 0 aliphatic carbocycles. The van der Waals surface area contributed by atoms with Gasteiger partial charge >= 0.3 is 0 Å². The van der Waals surface area contributed by atoms with Crippen molar-refractivity contribution in [1.29, 1.82) is 0 Å². The highest BCUT2D eigenvalue weighted by atomic mass is 32.2. The van der Waals surface area contributed by atoms with Gasteiger partial charge in [-0.1, -0.05) is 5.16 Å². The molecule has 2 heterocycles. The third-order valence-electron chi connectivity index (χ3n) is 3.07. The number of hydrogen-bond acceptors (Lipinski definition) is 6. The summed E-state index contributed by atoms with van der Waals surface area (Å²) in [6, 6.07) is 2.03. The number of aromatic nitrogens is 1. The smallest absolute Gasteiger partial charge is 0.235 e. The number of nitrogens with zero attached hydrogens (tertiary/aromatic N) is 1. The summed E-state index contributed by atoms with van der Waals surface area (Å²) in [5.41, 5.74) is 0. The fraction of sp³-hybridized carbons (Fsp3) is 0.615. The molecular weight excluding hydrogens is 292 g/mol. The first kappa shape index (κ1) is 15.8. The molecule has 2 rings (SSSR count). The molecule has 0 bridgehead atoms. The third-order valence-corrected chi connectivity index (χ3v) is 4.00. The van der Waals surface area contributed by atoms with Crippen molar-refractivity contribution in [2.75, 3.05) is 29.9 Å². The maximum absolute atomic E-state index is 11.6. The van der Waals surface area contributed by atoms with E-state index in [4.69, 9.17) is 4.52 Å². The molecule has 0 saturated carbocycles. The maximum atomic E-state index is 11.6. The van der Waals surface area contributed by atoms with Gasteiger partial charge < -0.3 is 20.5 Å². The molecule has 1 aliphatic heterocycles. The zero-order chi connectivity index (χ0) is 15.1. The van der Waals surface area contributed by atoms with E-state index in [1.807, 2.05) is 0 Å². The van der Waals surface area contributed by atoms with E-state index in [0.717, 1.165) is 19.4 Å². The first-order chi connectivity index (χ1) is 10.1. The number of nitrogens with one attached hydrogen (secondary N) is 3. The topological polar surface area (TPSA) is 96.3 Å². The van der Waals surface area contributed by atoms with Crippen LogP contribution in [-0.4, -0.2) is 47.6 Å². The van der Waals surface area contributed by atoms with Crippen LogP contribution in [-0.2, 0) is 9.59 Å². The molecule has 8 heteroatoms. The number of amides is 2. The highest BCUT2D eigenvalue weighted by molar-refractivity contribution is 8.00. The Bertz CT molecular complexity index is 486. The van der Waals surface area contributed by atoms with Crippen LogP contribution in [0.4, 0.5) is 5.82 Å². The Morgan fingerprint density at radius 1 is 1.48 bits per heavy atom. The normalized spacial score (nSPS) is 17.7. The first-order valence-corrected chi connectivity index (χ1v) is 8.10. The molecule has 1 atom stereocenters. The summed E-state index contributed by atoms with van der Waals surface area (Å²) in [6.45, 7) is 3.43. The van der Waals surface area contributed by atoms with E-state index < -0.39 is 0 Å². The summed E-state index contributed by atoms with van der Waals surface area (Å²) in [5, 5.41) is 12.5. The van der Waals surface area contributed by atoms with Crippen molar-refractivity contribution in [2.45, 2.75) is 25.8 Å². The van der Waals surface area contributed by atoms with Gasteiger partial charge in [0.2, 0.25) is 11.8 Å². The zero-order valence-electron chi connectivity index (χ0n) is 12.0. The van der Waals surface area contributed by atoms with Crippen LogP contribution in [0.15, 0.2) is 10.6 Å². The second kappa shape index (κ2) is 8.04. The minimum Gasteiger partial charge on any atom is -0.360 e. The molecule has 116 valence electrons. The Hall–Kier alpha value is -1.54. The lowest BCUT2D eigenvalue weighted by Crippen LogP contribution is -2.38. The van der Waals surface area contributed by atoms with E-state index in [-0.39, 0.29) is 23.3 Å². The number of rotatable bonds is 7. The van der Waals surface area contributed by atoms with Crippen molar-refractivity contribution >= 4 is 29.4 Å². The van der Waals surface area contributed by atoms with Gasteiger partial charge in [-0.05, 0) is 26.3 Å². The van der Waals surface area contributed by atoms with Gasteiger partial charge in [-0.3, -0.25) is 9.59 Å². The number of carbonyl (C=O) groups excluding carboxylic acids is 2. The second-order valence-corrected chi connectivity index (χ2v) is 5.95. The fourth-order valence-corrected chi connectivity index (χ4v) is 2.71. The molecule has 1 aromatic rings. The molecule has 1 unspecified atom stereocenters. The molecule has 21 heavy (non-hydrogen) atoms. The van der Waals surface area contributed by atoms with Crippen LogP contribution >= 0.6 is 11.8 Å². The average molecular weight is 312 g/mol. The summed E-state index contributed by atoms with van der Waals surface area (Å²) >= 11 is 1.28. The predicted octanol–water partition coefficient (Wildman–Crippen LogP) is 0.523. The van der Waals surface area contributed by atoms with Crippen molar-refractivity contribution in [1.82, 2.24) is 15.8 Å². The van der Waals surface area contributed by atoms with E-state index >= 15 is 0 Å². The molecular formula is C13H20N4O3S. The first-order valence-electron chi connectivity index (χ1n) is 6.94. The molecule has 0 radical (unpaired) electrons. The molecule has 0 spiro atoms. The van der Waals surface area contributed by atoms with Gasteiger partial charge in [0.1, 0.15) is 5.76 Å². The van der Waals surface area contributed by atoms with Crippen molar-refractivity contribution in [3.05, 3.63) is 11.8 Å². The molecule has 3 N–H and O–H groups in total. The van der Waals surface area contributed by atoms with E-state index in [0.29, 0.717) is 24.2 Å². The Morgan fingerprint density at radius 2 is 2.29 bits per heavy atom. The van der Waals surface area contributed by atoms with Crippen LogP contribution in [0.2, 0.25) is 0 Å².